The Morgan fingerprint density at radius 2 is 1.81 bits per heavy atom. The van der Waals surface area contributed by atoms with Gasteiger partial charge in [0.05, 0.1) is 0 Å². The molecule has 0 bridgehead atoms. The number of carbonyl (C=O) groups is 1. The third-order valence-corrected chi connectivity index (χ3v) is 7.19. The maximum Gasteiger partial charge on any atom is 0.232 e. The molecule has 0 unspecified atom stereocenters. The monoisotopic (exact) mass is 458 g/mol. The summed E-state index contributed by atoms with van der Waals surface area (Å²) in [5.74, 6) is 2.21. The second-order valence-electron chi connectivity index (χ2n) is 8.41. The SMILES string of the molecule is CNC1CCN(c2nc(NCCc3cccs3)nc(N3CCCN(C(C)=O)CC3)n2)CC1. The fraction of sp³-hybridized carbons (Fsp3) is 0.636. The minimum atomic E-state index is 0.131. The van der Waals surface area contributed by atoms with E-state index < -0.39 is 0 Å². The predicted octanol–water partition coefficient (Wildman–Crippen LogP) is 1.83. The Morgan fingerprint density at radius 3 is 2.47 bits per heavy atom. The van der Waals surface area contributed by atoms with Crippen LogP contribution in [0.4, 0.5) is 17.8 Å². The molecule has 2 saturated heterocycles. The normalized spacial score (nSPS) is 18.0. The molecule has 2 aromatic heterocycles. The first kappa shape index (κ1) is 22.7. The first-order valence-corrected chi connectivity index (χ1v) is 12.5. The van der Waals surface area contributed by atoms with Gasteiger partial charge in [0.15, 0.2) is 0 Å². The standard InChI is InChI=1S/C22H34N8OS/c1-17(31)28-10-4-11-29(15-14-28)21-25-20(24-9-6-19-5-3-16-32-19)26-22(27-21)30-12-7-18(23-2)8-13-30/h3,5,16,18,23H,4,6-15H2,1-2H3,(H,24,25,26,27). The Kier molecular flexibility index (Phi) is 7.75. The number of rotatable bonds is 7. The van der Waals surface area contributed by atoms with Gasteiger partial charge in [-0.15, -0.1) is 11.3 Å². The average molecular weight is 459 g/mol. The molecule has 9 nitrogen and oxygen atoms in total. The zero-order valence-electron chi connectivity index (χ0n) is 19.1. The lowest BCUT2D eigenvalue weighted by Gasteiger charge is -2.32. The maximum atomic E-state index is 11.8. The minimum absolute atomic E-state index is 0.131. The van der Waals surface area contributed by atoms with Gasteiger partial charge >= 0.3 is 0 Å². The van der Waals surface area contributed by atoms with Gasteiger partial charge in [-0.3, -0.25) is 4.79 Å². The molecule has 0 saturated carbocycles. The first-order valence-electron chi connectivity index (χ1n) is 11.6. The second-order valence-corrected chi connectivity index (χ2v) is 9.44. The number of piperidine rings is 1. The van der Waals surface area contributed by atoms with Gasteiger partial charge in [0.1, 0.15) is 0 Å². The number of nitrogens with zero attached hydrogens (tertiary/aromatic N) is 6. The highest BCUT2D eigenvalue weighted by atomic mass is 32.1. The Hall–Kier alpha value is -2.46. The molecule has 0 atom stereocenters. The molecule has 2 aliphatic rings. The van der Waals surface area contributed by atoms with Gasteiger partial charge in [-0.1, -0.05) is 6.07 Å². The van der Waals surface area contributed by atoms with E-state index in [2.05, 4.69) is 37.9 Å². The van der Waals surface area contributed by atoms with Crippen LogP contribution in [0.1, 0.15) is 31.1 Å². The van der Waals surface area contributed by atoms with Crippen molar-refractivity contribution in [2.24, 2.45) is 0 Å². The molecular weight excluding hydrogens is 424 g/mol. The molecule has 1 amide bonds. The number of aromatic nitrogens is 3. The van der Waals surface area contributed by atoms with E-state index in [-0.39, 0.29) is 5.91 Å². The van der Waals surface area contributed by atoms with Crippen molar-refractivity contribution in [3.8, 4) is 0 Å². The van der Waals surface area contributed by atoms with Gasteiger partial charge in [0.25, 0.3) is 0 Å². The van der Waals surface area contributed by atoms with Crippen molar-refractivity contribution in [3.63, 3.8) is 0 Å². The minimum Gasteiger partial charge on any atom is -0.354 e. The van der Waals surface area contributed by atoms with E-state index in [9.17, 15) is 4.79 Å². The van der Waals surface area contributed by atoms with E-state index in [1.807, 2.05) is 11.9 Å². The molecule has 10 heteroatoms. The van der Waals surface area contributed by atoms with Gasteiger partial charge in [0.2, 0.25) is 23.8 Å². The van der Waals surface area contributed by atoms with Crippen LogP contribution in [-0.2, 0) is 11.2 Å². The third-order valence-electron chi connectivity index (χ3n) is 6.26. The van der Waals surface area contributed by atoms with Crippen LogP contribution >= 0.6 is 11.3 Å². The number of nitrogens with one attached hydrogen (secondary N) is 2. The number of hydrogen-bond acceptors (Lipinski definition) is 9. The molecule has 2 fully saturated rings. The van der Waals surface area contributed by atoms with E-state index in [4.69, 9.17) is 15.0 Å². The lowest BCUT2D eigenvalue weighted by molar-refractivity contribution is -0.128. The van der Waals surface area contributed by atoms with Crippen molar-refractivity contribution in [3.05, 3.63) is 22.4 Å². The summed E-state index contributed by atoms with van der Waals surface area (Å²) < 4.78 is 0. The highest BCUT2D eigenvalue weighted by Crippen LogP contribution is 2.22. The smallest absolute Gasteiger partial charge is 0.232 e. The van der Waals surface area contributed by atoms with E-state index in [0.29, 0.717) is 24.5 Å². The molecule has 174 valence electrons. The average Bonchev–Trinajstić information content (AvgIpc) is 3.20. The van der Waals surface area contributed by atoms with Crippen molar-refractivity contribution in [2.45, 2.75) is 38.6 Å². The Labute approximate surface area is 194 Å². The molecule has 2 aliphatic heterocycles. The molecule has 0 aliphatic carbocycles. The van der Waals surface area contributed by atoms with Crippen LogP contribution < -0.4 is 20.4 Å². The van der Waals surface area contributed by atoms with Crippen LogP contribution in [0.2, 0.25) is 0 Å². The van der Waals surface area contributed by atoms with Crippen molar-refractivity contribution in [2.75, 3.05) is 68.0 Å². The molecule has 2 aromatic rings. The summed E-state index contributed by atoms with van der Waals surface area (Å²) in [5.41, 5.74) is 0. The summed E-state index contributed by atoms with van der Waals surface area (Å²) in [5, 5.41) is 8.90. The molecule has 0 spiro atoms. The Bertz CT molecular complexity index is 869. The topological polar surface area (TPSA) is 89.5 Å². The molecular formula is C22H34N8OS. The van der Waals surface area contributed by atoms with E-state index in [0.717, 1.165) is 70.9 Å². The van der Waals surface area contributed by atoms with E-state index >= 15 is 0 Å². The molecule has 4 heterocycles. The number of carbonyl (C=O) groups excluding carboxylic acids is 1. The molecule has 0 radical (unpaired) electrons. The Balaban J connectivity index is 1.50. The zero-order chi connectivity index (χ0) is 22.3. The van der Waals surface area contributed by atoms with Crippen LogP contribution in [0.5, 0.6) is 0 Å². The van der Waals surface area contributed by atoms with Gasteiger partial charge in [0, 0.05) is 63.7 Å². The van der Waals surface area contributed by atoms with Gasteiger partial charge in [-0.2, -0.15) is 15.0 Å². The summed E-state index contributed by atoms with van der Waals surface area (Å²) in [7, 11) is 2.03. The first-order chi connectivity index (χ1) is 15.6. The Morgan fingerprint density at radius 1 is 1.06 bits per heavy atom. The summed E-state index contributed by atoms with van der Waals surface area (Å²) in [6, 6.07) is 4.79. The zero-order valence-corrected chi connectivity index (χ0v) is 19.9. The molecule has 2 N–H and O–H groups in total. The van der Waals surface area contributed by atoms with Crippen LogP contribution in [0, 0.1) is 0 Å². The summed E-state index contributed by atoms with van der Waals surface area (Å²) >= 11 is 1.77. The molecule has 32 heavy (non-hydrogen) atoms. The van der Waals surface area contributed by atoms with Gasteiger partial charge in [-0.05, 0) is 44.2 Å². The largest absolute Gasteiger partial charge is 0.354 e. The number of thiophene rings is 1. The highest BCUT2D eigenvalue weighted by molar-refractivity contribution is 7.09. The molecule has 4 rings (SSSR count). The van der Waals surface area contributed by atoms with Gasteiger partial charge < -0.3 is 25.3 Å². The summed E-state index contributed by atoms with van der Waals surface area (Å²) in [6.45, 7) is 7.34. The van der Waals surface area contributed by atoms with Crippen LogP contribution in [0.15, 0.2) is 17.5 Å². The van der Waals surface area contributed by atoms with Crippen LogP contribution in [-0.4, -0.2) is 84.7 Å². The fourth-order valence-electron chi connectivity index (χ4n) is 4.27. The maximum absolute atomic E-state index is 11.8. The third kappa shape index (κ3) is 5.86. The quantitative estimate of drug-likeness (QED) is 0.650. The number of amides is 1. The van der Waals surface area contributed by atoms with Crippen LogP contribution in [0.3, 0.4) is 0 Å². The van der Waals surface area contributed by atoms with Crippen molar-refractivity contribution in [1.29, 1.82) is 0 Å². The number of anilines is 3. The van der Waals surface area contributed by atoms with Gasteiger partial charge in [-0.25, -0.2) is 0 Å². The fourth-order valence-corrected chi connectivity index (χ4v) is 4.98. The predicted molar refractivity (Wildman–Crippen MR) is 130 cm³/mol. The van der Waals surface area contributed by atoms with E-state index in [1.165, 1.54) is 4.88 Å². The highest BCUT2D eigenvalue weighted by Gasteiger charge is 2.24. The van der Waals surface area contributed by atoms with Crippen molar-refractivity contribution < 1.29 is 4.79 Å². The lowest BCUT2D eigenvalue weighted by atomic mass is 10.1. The van der Waals surface area contributed by atoms with Crippen molar-refractivity contribution >= 4 is 35.1 Å². The lowest BCUT2D eigenvalue weighted by Crippen LogP contribution is -2.42. The van der Waals surface area contributed by atoms with Crippen molar-refractivity contribution in [1.82, 2.24) is 25.2 Å². The second kappa shape index (κ2) is 10.9. The van der Waals surface area contributed by atoms with Crippen LogP contribution in [0.25, 0.3) is 0 Å². The number of hydrogen-bond donors (Lipinski definition) is 2. The van der Waals surface area contributed by atoms with E-state index in [1.54, 1.807) is 18.3 Å². The summed E-state index contributed by atoms with van der Waals surface area (Å²) in [6.07, 6.45) is 4.01. The molecule has 0 aromatic carbocycles. The summed E-state index contributed by atoms with van der Waals surface area (Å²) in [4.78, 5) is 33.9.